The highest BCUT2D eigenvalue weighted by Crippen LogP contribution is 2.13. The molecule has 1 rings (SSSR count). The largest absolute Gasteiger partial charge is 0.351 e. The Kier molecular flexibility index (Phi) is 5.41. The van der Waals surface area contributed by atoms with E-state index in [0.29, 0.717) is 17.7 Å². The van der Waals surface area contributed by atoms with Crippen LogP contribution in [0.1, 0.15) is 37.6 Å². The molecule has 0 bridgehead atoms. The SMILES string of the molecule is CC(C)(C)NC(=O)CCSC(=O)c1ccccc1. The summed E-state index contributed by atoms with van der Waals surface area (Å²) in [6, 6.07) is 9.10. The fourth-order valence-electron chi connectivity index (χ4n) is 1.37. The molecule has 0 saturated heterocycles. The zero-order chi connectivity index (χ0) is 13.6. The van der Waals surface area contributed by atoms with Crippen molar-refractivity contribution in [3.63, 3.8) is 0 Å². The first kappa shape index (κ1) is 14.8. The van der Waals surface area contributed by atoms with Crippen LogP contribution in [-0.2, 0) is 4.79 Å². The summed E-state index contributed by atoms with van der Waals surface area (Å²) in [4.78, 5) is 23.3. The third-order valence-corrected chi connectivity index (χ3v) is 2.99. The minimum absolute atomic E-state index is 0.0131. The smallest absolute Gasteiger partial charge is 0.221 e. The van der Waals surface area contributed by atoms with E-state index in [-0.39, 0.29) is 16.6 Å². The molecule has 3 nitrogen and oxygen atoms in total. The summed E-state index contributed by atoms with van der Waals surface area (Å²) >= 11 is 1.18. The molecule has 0 aliphatic carbocycles. The molecule has 98 valence electrons. The summed E-state index contributed by atoms with van der Waals surface area (Å²) in [6.45, 7) is 5.81. The van der Waals surface area contributed by atoms with E-state index >= 15 is 0 Å². The number of rotatable bonds is 4. The van der Waals surface area contributed by atoms with Crippen molar-refractivity contribution in [3.8, 4) is 0 Å². The maximum atomic E-state index is 11.7. The van der Waals surface area contributed by atoms with Crippen LogP contribution in [0.3, 0.4) is 0 Å². The van der Waals surface area contributed by atoms with Gasteiger partial charge in [0, 0.05) is 23.3 Å². The third kappa shape index (κ3) is 5.87. The van der Waals surface area contributed by atoms with Crippen molar-refractivity contribution >= 4 is 22.8 Å². The lowest BCUT2D eigenvalue weighted by Crippen LogP contribution is -2.40. The van der Waals surface area contributed by atoms with Crippen LogP contribution in [0.25, 0.3) is 0 Å². The molecule has 0 saturated carbocycles. The fourth-order valence-corrected chi connectivity index (χ4v) is 2.15. The predicted octanol–water partition coefficient (Wildman–Crippen LogP) is 2.86. The number of thioether (sulfide) groups is 1. The van der Waals surface area contributed by atoms with E-state index in [0.717, 1.165) is 0 Å². The molecule has 0 heterocycles. The Morgan fingerprint density at radius 2 is 1.78 bits per heavy atom. The summed E-state index contributed by atoms with van der Waals surface area (Å²) in [7, 11) is 0. The van der Waals surface area contributed by atoms with Crippen LogP contribution in [0.2, 0.25) is 0 Å². The Morgan fingerprint density at radius 3 is 2.33 bits per heavy atom. The number of nitrogens with one attached hydrogen (secondary N) is 1. The van der Waals surface area contributed by atoms with E-state index in [2.05, 4.69) is 5.32 Å². The zero-order valence-corrected chi connectivity index (χ0v) is 11.8. The molecule has 1 aromatic rings. The van der Waals surface area contributed by atoms with E-state index < -0.39 is 0 Å². The predicted molar refractivity (Wildman–Crippen MR) is 75.7 cm³/mol. The lowest BCUT2D eigenvalue weighted by Gasteiger charge is -2.20. The van der Waals surface area contributed by atoms with Gasteiger partial charge in [0.05, 0.1) is 0 Å². The van der Waals surface area contributed by atoms with Gasteiger partial charge in [-0.3, -0.25) is 9.59 Å². The van der Waals surface area contributed by atoms with E-state index in [4.69, 9.17) is 0 Å². The van der Waals surface area contributed by atoms with Crippen molar-refractivity contribution in [1.29, 1.82) is 0 Å². The first-order chi connectivity index (χ1) is 8.38. The van der Waals surface area contributed by atoms with Gasteiger partial charge in [0.15, 0.2) is 0 Å². The summed E-state index contributed by atoms with van der Waals surface area (Å²) < 4.78 is 0. The van der Waals surface area contributed by atoms with Crippen molar-refractivity contribution in [2.24, 2.45) is 0 Å². The van der Waals surface area contributed by atoms with Crippen molar-refractivity contribution in [1.82, 2.24) is 5.32 Å². The van der Waals surface area contributed by atoms with E-state index in [1.807, 2.05) is 39.0 Å². The molecule has 0 unspecified atom stereocenters. The highest BCUT2D eigenvalue weighted by atomic mass is 32.2. The van der Waals surface area contributed by atoms with Crippen molar-refractivity contribution in [2.75, 3.05) is 5.75 Å². The molecule has 4 heteroatoms. The number of carbonyl (C=O) groups is 2. The van der Waals surface area contributed by atoms with Gasteiger partial charge in [-0.25, -0.2) is 0 Å². The van der Waals surface area contributed by atoms with E-state index in [1.165, 1.54) is 11.8 Å². The normalized spacial score (nSPS) is 11.1. The van der Waals surface area contributed by atoms with Gasteiger partial charge in [-0.15, -0.1) is 0 Å². The van der Waals surface area contributed by atoms with Crippen LogP contribution in [0.15, 0.2) is 30.3 Å². The second kappa shape index (κ2) is 6.59. The van der Waals surface area contributed by atoms with Gasteiger partial charge < -0.3 is 5.32 Å². The maximum Gasteiger partial charge on any atom is 0.221 e. The van der Waals surface area contributed by atoms with Crippen LogP contribution in [0.5, 0.6) is 0 Å². The molecule has 0 atom stereocenters. The van der Waals surface area contributed by atoms with Crippen molar-refractivity contribution in [2.45, 2.75) is 32.7 Å². The fraction of sp³-hybridized carbons (Fsp3) is 0.429. The van der Waals surface area contributed by atoms with Gasteiger partial charge in [-0.05, 0) is 20.8 Å². The highest BCUT2D eigenvalue weighted by Gasteiger charge is 2.14. The van der Waals surface area contributed by atoms with Gasteiger partial charge >= 0.3 is 0 Å². The number of hydrogen-bond acceptors (Lipinski definition) is 3. The molecule has 0 aromatic heterocycles. The Hall–Kier alpha value is -1.29. The van der Waals surface area contributed by atoms with Crippen molar-refractivity contribution in [3.05, 3.63) is 35.9 Å². The molecule has 1 aromatic carbocycles. The van der Waals surface area contributed by atoms with Gasteiger partial charge in [0.1, 0.15) is 0 Å². The van der Waals surface area contributed by atoms with Gasteiger partial charge in [0.25, 0.3) is 0 Å². The molecule has 0 spiro atoms. The van der Waals surface area contributed by atoms with Crippen molar-refractivity contribution < 1.29 is 9.59 Å². The summed E-state index contributed by atoms with van der Waals surface area (Å²) in [6.07, 6.45) is 0.362. The second-order valence-corrected chi connectivity index (χ2v) is 6.12. The summed E-state index contributed by atoms with van der Waals surface area (Å²) in [5, 5.41) is 2.88. The summed E-state index contributed by atoms with van der Waals surface area (Å²) in [5.41, 5.74) is 0.462. The molecule has 1 N–H and O–H groups in total. The Labute approximate surface area is 112 Å². The molecular weight excluding hydrogens is 246 g/mol. The van der Waals surface area contributed by atoms with Crippen LogP contribution < -0.4 is 5.32 Å². The van der Waals surface area contributed by atoms with Gasteiger partial charge in [0.2, 0.25) is 11.0 Å². The topological polar surface area (TPSA) is 46.2 Å². The standard InChI is InChI=1S/C14H19NO2S/c1-14(2,3)15-12(16)9-10-18-13(17)11-7-5-4-6-8-11/h4-8H,9-10H2,1-3H3,(H,15,16). The molecular formula is C14H19NO2S. The number of hydrogen-bond donors (Lipinski definition) is 1. The van der Waals surface area contributed by atoms with Crippen LogP contribution in [-0.4, -0.2) is 22.3 Å². The molecule has 0 fully saturated rings. The number of benzene rings is 1. The third-order valence-electron chi connectivity index (χ3n) is 2.09. The molecule has 18 heavy (non-hydrogen) atoms. The Bertz CT molecular complexity index is 410. The molecule has 0 radical (unpaired) electrons. The van der Waals surface area contributed by atoms with Crippen LogP contribution >= 0.6 is 11.8 Å². The maximum absolute atomic E-state index is 11.7. The van der Waals surface area contributed by atoms with Crippen LogP contribution in [0, 0.1) is 0 Å². The lowest BCUT2D eigenvalue weighted by molar-refractivity contribution is -0.122. The Morgan fingerprint density at radius 1 is 1.17 bits per heavy atom. The lowest BCUT2D eigenvalue weighted by atomic mass is 10.1. The monoisotopic (exact) mass is 265 g/mol. The first-order valence-corrected chi connectivity index (χ1v) is 6.90. The average molecular weight is 265 g/mol. The average Bonchev–Trinajstić information content (AvgIpc) is 2.27. The minimum atomic E-state index is -0.217. The zero-order valence-electron chi connectivity index (χ0n) is 11.0. The quantitative estimate of drug-likeness (QED) is 0.910. The van der Waals surface area contributed by atoms with Gasteiger partial charge in [-0.1, -0.05) is 42.1 Å². The van der Waals surface area contributed by atoms with E-state index in [9.17, 15) is 9.59 Å². The highest BCUT2D eigenvalue weighted by molar-refractivity contribution is 8.14. The minimum Gasteiger partial charge on any atom is -0.351 e. The molecule has 0 aliphatic rings. The first-order valence-electron chi connectivity index (χ1n) is 5.92. The number of carbonyl (C=O) groups excluding carboxylic acids is 2. The molecule has 1 amide bonds. The molecule has 0 aliphatic heterocycles. The van der Waals surface area contributed by atoms with Gasteiger partial charge in [-0.2, -0.15) is 0 Å². The number of amides is 1. The van der Waals surface area contributed by atoms with E-state index in [1.54, 1.807) is 12.1 Å². The van der Waals surface area contributed by atoms with Crippen LogP contribution in [0.4, 0.5) is 0 Å². The second-order valence-electron chi connectivity index (χ2n) is 5.05. The Balaban J connectivity index is 2.30. The summed E-state index contributed by atoms with van der Waals surface area (Å²) in [5.74, 6) is 0.492.